The fourth-order valence-corrected chi connectivity index (χ4v) is 0.900. The van der Waals surface area contributed by atoms with Crippen LogP contribution < -0.4 is 108 Å². The second-order valence-electron chi connectivity index (χ2n) is 2.16. The first kappa shape index (κ1) is 18.2. The van der Waals surface area contributed by atoms with Crippen LogP contribution in [0.3, 0.4) is 0 Å². The molecular formula is C8H4K2O3S. The van der Waals surface area contributed by atoms with Gasteiger partial charge in [0.1, 0.15) is 0 Å². The van der Waals surface area contributed by atoms with E-state index in [2.05, 4.69) is 12.6 Å². The second-order valence-corrected chi connectivity index (χ2v) is 2.53. The number of carboxylic acid groups (broad SMARTS) is 1. The third-order valence-electron chi connectivity index (χ3n) is 1.33. The molecule has 0 aromatic heterocycles. The molecule has 0 aliphatic carbocycles. The van der Waals surface area contributed by atoms with Crippen molar-refractivity contribution in [2.24, 2.45) is 0 Å². The van der Waals surface area contributed by atoms with Gasteiger partial charge in [0.25, 0.3) is 0 Å². The van der Waals surface area contributed by atoms with E-state index in [9.17, 15) is 14.7 Å². The van der Waals surface area contributed by atoms with Gasteiger partial charge in [-0.2, -0.15) is 0 Å². The third-order valence-corrected chi connectivity index (χ3v) is 1.57. The van der Waals surface area contributed by atoms with Gasteiger partial charge in [0.15, 0.2) is 0 Å². The maximum Gasteiger partial charge on any atom is 1.00 e. The van der Waals surface area contributed by atoms with Crippen LogP contribution in [0.2, 0.25) is 0 Å². The standard InChI is InChI=1S/C8H6O3S.2K/c9-7(10)5-2-1-3-6(4-5)8(11)12;;/h1-4H,(H,9,10)(H,11,12);;/q;2*+1/p-2. The van der Waals surface area contributed by atoms with E-state index in [1.54, 1.807) is 0 Å². The summed E-state index contributed by atoms with van der Waals surface area (Å²) < 4.78 is 0. The van der Waals surface area contributed by atoms with Crippen LogP contribution in [0, 0.1) is 0 Å². The summed E-state index contributed by atoms with van der Waals surface area (Å²) in [5, 5.41) is 9.75. The first-order valence-corrected chi connectivity index (χ1v) is 3.55. The largest absolute Gasteiger partial charge is 1.00 e. The van der Waals surface area contributed by atoms with Gasteiger partial charge < -0.3 is 27.3 Å². The molecule has 0 saturated carbocycles. The van der Waals surface area contributed by atoms with Crippen LogP contribution in [0.25, 0.3) is 0 Å². The van der Waals surface area contributed by atoms with Gasteiger partial charge in [0.2, 0.25) is 0 Å². The fourth-order valence-electron chi connectivity index (χ4n) is 0.773. The van der Waals surface area contributed by atoms with E-state index in [1.165, 1.54) is 24.3 Å². The summed E-state index contributed by atoms with van der Waals surface area (Å²) in [7, 11) is 0. The van der Waals surface area contributed by atoms with Crippen LogP contribution >= 0.6 is 0 Å². The zero-order chi connectivity index (χ0) is 9.14. The molecule has 1 rings (SSSR count). The van der Waals surface area contributed by atoms with E-state index in [4.69, 9.17) is 0 Å². The zero-order valence-electron chi connectivity index (χ0n) is 7.94. The van der Waals surface area contributed by atoms with E-state index in [1.807, 2.05) is 0 Å². The number of benzene rings is 1. The van der Waals surface area contributed by atoms with Gasteiger partial charge in [-0.1, -0.05) is 18.2 Å². The van der Waals surface area contributed by atoms with Crippen molar-refractivity contribution in [3.8, 4) is 0 Å². The monoisotopic (exact) mass is 258 g/mol. The Hall–Kier alpha value is 1.85. The molecule has 0 atom stereocenters. The quantitative estimate of drug-likeness (QED) is 0.391. The molecule has 0 saturated heterocycles. The van der Waals surface area contributed by atoms with Crippen molar-refractivity contribution in [2.45, 2.75) is 0 Å². The molecule has 1 aromatic carbocycles. The fraction of sp³-hybridized carbons (Fsp3) is 0. The topological polar surface area (TPSA) is 57.2 Å². The van der Waals surface area contributed by atoms with Crippen molar-refractivity contribution in [2.75, 3.05) is 0 Å². The molecule has 0 unspecified atom stereocenters. The Bertz CT molecular complexity index is 312. The number of carboxylic acids is 1. The molecule has 0 amide bonds. The summed E-state index contributed by atoms with van der Waals surface area (Å²) in [6.07, 6.45) is 0. The molecule has 0 radical (unpaired) electrons. The molecule has 0 fully saturated rings. The number of rotatable bonds is 2. The maximum atomic E-state index is 10.6. The molecule has 0 heterocycles. The summed E-state index contributed by atoms with van der Waals surface area (Å²) >= 11 is 4.34. The molecular weight excluding hydrogens is 254 g/mol. The molecule has 0 bridgehead atoms. The third kappa shape index (κ3) is 5.81. The van der Waals surface area contributed by atoms with Crippen molar-refractivity contribution in [1.29, 1.82) is 0 Å². The molecule has 0 spiro atoms. The van der Waals surface area contributed by atoms with Crippen LogP contribution in [0.4, 0.5) is 0 Å². The average Bonchev–Trinajstić information content (AvgIpc) is 2.04. The molecule has 0 aliphatic heterocycles. The normalized spacial score (nSPS) is 8.00. The minimum Gasteiger partial charge on any atom is -0.737 e. The molecule has 6 heteroatoms. The molecule has 3 nitrogen and oxygen atoms in total. The predicted molar refractivity (Wildman–Crippen MR) is 42.5 cm³/mol. The van der Waals surface area contributed by atoms with Gasteiger partial charge in [-0.05, 0) is 17.2 Å². The summed E-state index contributed by atoms with van der Waals surface area (Å²) in [5.41, 5.74) is 0.164. The smallest absolute Gasteiger partial charge is 0.737 e. The Balaban J connectivity index is 0. The SMILES string of the molecule is O=C([O-])c1cccc(C(=O)[S-])c1.[K+].[K+]. The Labute approximate surface area is 172 Å². The molecule has 0 aliphatic rings. The maximum absolute atomic E-state index is 10.6. The molecule has 62 valence electrons. The Morgan fingerprint density at radius 3 is 2.07 bits per heavy atom. The van der Waals surface area contributed by atoms with E-state index < -0.39 is 11.1 Å². The first-order valence-electron chi connectivity index (χ1n) is 3.14. The number of hydrogen-bond donors (Lipinski definition) is 0. The van der Waals surface area contributed by atoms with Gasteiger partial charge in [-0.25, -0.2) is 0 Å². The van der Waals surface area contributed by atoms with Gasteiger partial charge in [-0.15, -0.1) is 0 Å². The van der Waals surface area contributed by atoms with Crippen molar-refractivity contribution in [1.82, 2.24) is 0 Å². The summed E-state index contributed by atoms with van der Waals surface area (Å²) in [4.78, 5) is 20.9. The van der Waals surface area contributed by atoms with E-state index in [0.29, 0.717) is 0 Å². The molecule has 0 N–H and O–H groups in total. The number of hydrogen-bond acceptors (Lipinski definition) is 4. The van der Waals surface area contributed by atoms with Crippen LogP contribution in [-0.2, 0) is 12.6 Å². The van der Waals surface area contributed by atoms with Crippen molar-refractivity contribution in [3.05, 3.63) is 35.4 Å². The van der Waals surface area contributed by atoms with Gasteiger partial charge in [0.05, 0.1) is 5.97 Å². The second kappa shape index (κ2) is 8.94. The van der Waals surface area contributed by atoms with Crippen LogP contribution in [0.15, 0.2) is 24.3 Å². The summed E-state index contributed by atoms with van der Waals surface area (Å²) in [6.45, 7) is 0. The van der Waals surface area contributed by atoms with Crippen molar-refractivity contribution >= 4 is 23.7 Å². The summed E-state index contributed by atoms with van der Waals surface area (Å²) in [6, 6.07) is 5.45. The predicted octanol–water partition coefficient (Wildman–Crippen LogP) is -6.25. The minimum absolute atomic E-state index is 0. The van der Waals surface area contributed by atoms with Crippen LogP contribution in [0.1, 0.15) is 20.7 Å². The Morgan fingerprint density at radius 2 is 1.64 bits per heavy atom. The Kier molecular flexibility index (Phi) is 11.6. The van der Waals surface area contributed by atoms with E-state index >= 15 is 0 Å². The van der Waals surface area contributed by atoms with Gasteiger partial charge in [-0.3, -0.25) is 0 Å². The van der Waals surface area contributed by atoms with Crippen molar-refractivity contribution < 1.29 is 117 Å². The summed E-state index contributed by atoms with van der Waals surface area (Å²) in [5.74, 6) is -1.31. The van der Waals surface area contributed by atoms with Crippen LogP contribution in [-0.4, -0.2) is 11.1 Å². The average molecular weight is 258 g/mol. The van der Waals surface area contributed by atoms with Gasteiger partial charge >= 0.3 is 103 Å². The molecule has 14 heavy (non-hydrogen) atoms. The van der Waals surface area contributed by atoms with Crippen LogP contribution in [0.5, 0.6) is 0 Å². The zero-order valence-corrected chi connectivity index (χ0v) is 15.0. The Morgan fingerprint density at radius 1 is 1.14 bits per heavy atom. The minimum atomic E-state index is -1.31. The molecule has 1 aromatic rings. The first-order chi connectivity index (χ1) is 5.61. The number of carbonyl (C=O) groups is 2. The number of carbonyl (C=O) groups excluding carboxylic acids is 2. The van der Waals surface area contributed by atoms with Crippen molar-refractivity contribution in [3.63, 3.8) is 0 Å². The van der Waals surface area contributed by atoms with Gasteiger partial charge in [0, 0.05) is 5.12 Å². The number of aromatic carboxylic acids is 1. The van der Waals surface area contributed by atoms with E-state index in [-0.39, 0.29) is 114 Å². The van der Waals surface area contributed by atoms with E-state index in [0.717, 1.165) is 0 Å².